The van der Waals surface area contributed by atoms with E-state index in [2.05, 4.69) is 56.0 Å². The van der Waals surface area contributed by atoms with Crippen molar-refractivity contribution in [3.8, 4) is 0 Å². The van der Waals surface area contributed by atoms with Crippen LogP contribution in [0.2, 0.25) is 0 Å². The molecule has 1 amide bonds. The van der Waals surface area contributed by atoms with Gasteiger partial charge in [-0.2, -0.15) is 0 Å². The number of carbonyl (C=O) groups is 1. The fourth-order valence-corrected chi connectivity index (χ4v) is 5.34. The van der Waals surface area contributed by atoms with Crippen LogP contribution >= 0.6 is 11.8 Å². The monoisotopic (exact) mass is 429 g/mol. The highest BCUT2D eigenvalue weighted by Crippen LogP contribution is 2.48. The van der Waals surface area contributed by atoms with Crippen LogP contribution in [-0.2, 0) is 17.6 Å². The number of aromatic nitrogens is 3. The number of benzene rings is 2. The summed E-state index contributed by atoms with van der Waals surface area (Å²) in [5.41, 5.74) is 5.54. The molecule has 3 N–H and O–H groups in total. The Balaban J connectivity index is 1.28. The van der Waals surface area contributed by atoms with Crippen LogP contribution in [-0.4, -0.2) is 27.4 Å². The number of para-hydroxylation sites is 1. The third kappa shape index (κ3) is 4.14. The minimum atomic E-state index is -0.0629. The van der Waals surface area contributed by atoms with Crippen molar-refractivity contribution >= 4 is 40.1 Å². The molecule has 156 valence electrons. The Labute approximate surface area is 184 Å². The molecule has 0 saturated heterocycles. The molecule has 0 fully saturated rings. The Kier molecular flexibility index (Phi) is 5.34. The lowest BCUT2D eigenvalue weighted by Crippen LogP contribution is -2.07. The minimum Gasteiger partial charge on any atom is -0.369 e. The first-order valence-electron chi connectivity index (χ1n) is 10.3. The zero-order chi connectivity index (χ0) is 21.2. The van der Waals surface area contributed by atoms with Crippen LogP contribution < -0.4 is 10.6 Å². The van der Waals surface area contributed by atoms with Gasteiger partial charge in [0.1, 0.15) is 12.1 Å². The van der Waals surface area contributed by atoms with E-state index in [0.29, 0.717) is 0 Å². The van der Waals surface area contributed by atoms with Crippen LogP contribution in [0.25, 0.3) is 10.9 Å². The topological polar surface area (TPSA) is 82.7 Å². The van der Waals surface area contributed by atoms with Crippen molar-refractivity contribution in [3.05, 3.63) is 77.9 Å². The lowest BCUT2D eigenvalue weighted by Gasteiger charge is -2.11. The molecule has 1 aliphatic rings. The van der Waals surface area contributed by atoms with Gasteiger partial charge in [-0.3, -0.25) is 4.79 Å². The van der Waals surface area contributed by atoms with Gasteiger partial charge in [-0.15, -0.1) is 11.8 Å². The van der Waals surface area contributed by atoms with E-state index in [4.69, 9.17) is 0 Å². The number of hydrogen-bond donors (Lipinski definition) is 3. The number of carbonyl (C=O) groups excluding carboxylic acids is 1. The third-order valence-corrected chi connectivity index (χ3v) is 6.84. The smallest absolute Gasteiger partial charge is 0.221 e. The second-order valence-corrected chi connectivity index (χ2v) is 8.86. The summed E-state index contributed by atoms with van der Waals surface area (Å²) in [5.74, 6) is 0.836. The minimum absolute atomic E-state index is 0.0629. The first-order chi connectivity index (χ1) is 15.2. The molecule has 4 aromatic rings. The van der Waals surface area contributed by atoms with Crippen LogP contribution in [0.5, 0.6) is 0 Å². The number of rotatable bonds is 6. The maximum absolute atomic E-state index is 11.4. The predicted molar refractivity (Wildman–Crippen MR) is 126 cm³/mol. The summed E-state index contributed by atoms with van der Waals surface area (Å²) >= 11 is 1.79. The van der Waals surface area contributed by atoms with Crippen molar-refractivity contribution < 1.29 is 4.79 Å². The molecule has 1 unspecified atom stereocenters. The number of nitrogens with one attached hydrogen (secondary N) is 3. The number of nitrogens with zero attached hydrogens (tertiary/aromatic N) is 2. The molecule has 0 bridgehead atoms. The lowest BCUT2D eigenvalue weighted by molar-refractivity contribution is -0.114. The Morgan fingerprint density at radius 2 is 2.10 bits per heavy atom. The molecule has 0 spiro atoms. The fourth-order valence-electron chi connectivity index (χ4n) is 4.02. The number of thioether (sulfide) groups is 1. The van der Waals surface area contributed by atoms with Crippen LogP contribution in [0.1, 0.15) is 29.0 Å². The van der Waals surface area contributed by atoms with Gasteiger partial charge in [0.15, 0.2) is 0 Å². The molecule has 0 radical (unpaired) electrons. The third-order valence-electron chi connectivity index (χ3n) is 5.46. The summed E-state index contributed by atoms with van der Waals surface area (Å²) in [6, 6.07) is 16.4. The van der Waals surface area contributed by atoms with Crippen molar-refractivity contribution in [3.63, 3.8) is 0 Å². The number of aromatic amines is 1. The van der Waals surface area contributed by atoms with Gasteiger partial charge in [-0.05, 0) is 35.7 Å². The summed E-state index contributed by atoms with van der Waals surface area (Å²) in [7, 11) is 0. The summed E-state index contributed by atoms with van der Waals surface area (Å²) in [6.45, 7) is 2.32. The molecule has 2 aromatic heterocycles. The quantitative estimate of drug-likeness (QED) is 0.403. The van der Waals surface area contributed by atoms with Crippen LogP contribution in [0.3, 0.4) is 0 Å². The van der Waals surface area contributed by atoms with E-state index in [1.165, 1.54) is 29.0 Å². The number of H-pyrrole nitrogens is 1. The summed E-state index contributed by atoms with van der Waals surface area (Å²) in [6.07, 6.45) is 5.49. The second-order valence-electron chi connectivity index (χ2n) is 7.65. The average molecular weight is 430 g/mol. The van der Waals surface area contributed by atoms with E-state index in [-0.39, 0.29) is 11.2 Å². The normalized spacial score (nSPS) is 15.1. The summed E-state index contributed by atoms with van der Waals surface area (Å²) in [5, 5.41) is 7.91. The molecule has 1 atom stereocenters. The highest BCUT2D eigenvalue weighted by atomic mass is 32.2. The zero-order valence-electron chi connectivity index (χ0n) is 17.2. The van der Waals surface area contributed by atoms with Gasteiger partial charge >= 0.3 is 0 Å². The van der Waals surface area contributed by atoms with Gasteiger partial charge in [-0.25, -0.2) is 9.97 Å². The second kappa shape index (κ2) is 8.43. The fraction of sp³-hybridized carbons (Fsp3) is 0.208. The Morgan fingerprint density at radius 1 is 1.19 bits per heavy atom. The van der Waals surface area contributed by atoms with Crippen LogP contribution in [0, 0.1) is 0 Å². The van der Waals surface area contributed by atoms with Crippen molar-refractivity contribution in [2.75, 3.05) is 17.2 Å². The molecule has 1 aliphatic heterocycles. The van der Waals surface area contributed by atoms with Crippen molar-refractivity contribution in [2.24, 2.45) is 0 Å². The molecule has 6 nitrogen and oxygen atoms in total. The molecule has 3 heterocycles. The summed E-state index contributed by atoms with van der Waals surface area (Å²) in [4.78, 5) is 24.9. The standard InChI is InChI=1S/C24H23N5OS/c1-15(30)29-18-6-4-5-16(11-18)22-12-21-23(31-22)24(28-14-27-21)25-10-9-17-13-26-20-8-3-2-7-19(17)20/h2-8,11,13-14,22,26H,9-10,12H2,1H3,(H,29,30)(H,25,27,28). The first kappa shape index (κ1) is 19.6. The molecule has 5 rings (SSSR count). The molecule has 31 heavy (non-hydrogen) atoms. The van der Waals surface area contributed by atoms with Gasteiger partial charge in [0.25, 0.3) is 0 Å². The van der Waals surface area contributed by atoms with Gasteiger partial charge < -0.3 is 15.6 Å². The van der Waals surface area contributed by atoms with E-state index in [9.17, 15) is 4.79 Å². The van der Waals surface area contributed by atoms with Gasteiger partial charge in [-0.1, -0.05) is 30.3 Å². The lowest BCUT2D eigenvalue weighted by atomic mass is 10.1. The van der Waals surface area contributed by atoms with Gasteiger partial charge in [0.05, 0.1) is 10.6 Å². The SMILES string of the molecule is CC(=O)Nc1cccc(C2Cc3ncnc(NCCc4c[nH]c5ccccc45)c3S2)c1. The Morgan fingerprint density at radius 3 is 3.00 bits per heavy atom. The van der Waals surface area contributed by atoms with E-state index in [1.54, 1.807) is 18.1 Å². The molecule has 7 heteroatoms. The maximum atomic E-state index is 11.4. The van der Waals surface area contributed by atoms with Crippen molar-refractivity contribution in [2.45, 2.75) is 29.9 Å². The number of anilines is 2. The van der Waals surface area contributed by atoms with E-state index in [0.717, 1.165) is 41.5 Å². The maximum Gasteiger partial charge on any atom is 0.221 e. The number of amides is 1. The van der Waals surface area contributed by atoms with E-state index in [1.807, 2.05) is 24.3 Å². The number of fused-ring (bicyclic) bond motifs is 2. The molecule has 0 saturated carbocycles. The largest absolute Gasteiger partial charge is 0.369 e. The first-order valence-corrected chi connectivity index (χ1v) is 11.2. The Bertz CT molecular complexity index is 1250. The van der Waals surface area contributed by atoms with Gasteiger partial charge in [0.2, 0.25) is 5.91 Å². The van der Waals surface area contributed by atoms with E-state index >= 15 is 0 Å². The summed E-state index contributed by atoms with van der Waals surface area (Å²) < 4.78 is 0. The van der Waals surface area contributed by atoms with E-state index < -0.39 is 0 Å². The van der Waals surface area contributed by atoms with Crippen molar-refractivity contribution in [1.29, 1.82) is 0 Å². The van der Waals surface area contributed by atoms with Gasteiger partial charge in [0, 0.05) is 47.9 Å². The number of hydrogen-bond acceptors (Lipinski definition) is 5. The molecule has 2 aromatic carbocycles. The molecule has 0 aliphatic carbocycles. The van der Waals surface area contributed by atoms with Crippen LogP contribution in [0.15, 0.2) is 66.0 Å². The predicted octanol–water partition coefficient (Wildman–Crippen LogP) is 4.96. The highest BCUT2D eigenvalue weighted by Gasteiger charge is 2.28. The Hall–Kier alpha value is -3.32. The highest BCUT2D eigenvalue weighted by molar-refractivity contribution is 8.00. The zero-order valence-corrected chi connectivity index (χ0v) is 18.0. The molecular formula is C24H23N5OS. The van der Waals surface area contributed by atoms with Crippen molar-refractivity contribution in [1.82, 2.24) is 15.0 Å². The molecular weight excluding hydrogens is 406 g/mol. The van der Waals surface area contributed by atoms with Crippen LogP contribution in [0.4, 0.5) is 11.5 Å². The average Bonchev–Trinajstić information content (AvgIpc) is 3.39.